The predicted molar refractivity (Wildman–Crippen MR) is 109 cm³/mol. The number of aryl methyl sites for hydroxylation is 2. The number of quaternary nitrogens is 1. The number of carbonyl (C=O) groups is 1. The number of ether oxygens (including phenoxy) is 2. The fourth-order valence-electron chi connectivity index (χ4n) is 2.93. The first-order chi connectivity index (χ1) is 12.8. The molecule has 0 heterocycles. The van der Waals surface area contributed by atoms with Gasteiger partial charge < -0.3 is 19.7 Å². The molecule has 2 rings (SSSR count). The number of hydrogen-bond donors (Lipinski definition) is 2. The Morgan fingerprint density at radius 1 is 1.07 bits per heavy atom. The van der Waals surface area contributed by atoms with E-state index >= 15 is 0 Å². The fourth-order valence-corrected chi connectivity index (χ4v) is 2.93. The number of carbonyl (C=O) groups excluding carboxylic acids is 1. The van der Waals surface area contributed by atoms with Crippen molar-refractivity contribution in [3.8, 4) is 11.5 Å². The van der Waals surface area contributed by atoms with E-state index in [1.807, 2.05) is 58.2 Å². The third kappa shape index (κ3) is 5.47. The van der Waals surface area contributed by atoms with Crippen LogP contribution < -0.4 is 19.7 Å². The van der Waals surface area contributed by atoms with Gasteiger partial charge in [-0.25, -0.2) is 0 Å². The van der Waals surface area contributed by atoms with Gasteiger partial charge in [-0.2, -0.15) is 0 Å². The first kappa shape index (κ1) is 20.8. The van der Waals surface area contributed by atoms with Gasteiger partial charge in [0.05, 0.1) is 27.8 Å². The first-order valence-corrected chi connectivity index (χ1v) is 9.27. The highest BCUT2D eigenvalue weighted by Crippen LogP contribution is 2.27. The van der Waals surface area contributed by atoms with Crippen molar-refractivity contribution in [1.82, 2.24) is 0 Å². The number of rotatable bonds is 8. The van der Waals surface area contributed by atoms with Crippen LogP contribution in [0.2, 0.25) is 0 Å². The number of benzene rings is 2. The quantitative estimate of drug-likeness (QED) is 0.749. The fraction of sp³-hybridized carbons (Fsp3) is 0.409. The second kappa shape index (κ2) is 9.42. The molecule has 0 aromatic heterocycles. The van der Waals surface area contributed by atoms with Gasteiger partial charge in [-0.3, -0.25) is 4.79 Å². The molecule has 1 amide bonds. The summed E-state index contributed by atoms with van der Waals surface area (Å²) in [6, 6.07) is 11.9. The van der Waals surface area contributed by atoms with E-state index in [2.05, 4.69) is 11.4 Å². The molecule has 0 radical (unpaired) electrons. The van der Waals surface area contributed by atoms with Crippen molar-refractivity contribution in [1.29, 1.82) is 0 Å². The third-order valence-corrected chi connectivity index (χ3v) is 5.04. The average molecular weight is 372 g/mol. The van der Waals surface area contributed by atoms with Gasteiger partial charge in [0.1, 0.15) is 0 Å². The second-order valence-corrected chi connectivity index (χ2v) is 7.07. The van der Waals surface area contributed by atoms with E-state index in [1.54, 1.807) is 14.2 Å². The molecule has 5 nitrogen and oxygen atoms in total. The monoisotopic (exact) mass is 371 g/mol. The second-order valence-electron chi connectivity index (χ2n) is 7.07. The minimum atomic E-state index is -0.148. The zero-order valence-electron chi connectivity index (χ0n) is 17.2. The molecule has 2 N–H and O–H groups in total. The van der Waals surface area contributed by atoms with E-state index in [0.717, 1.165) is 51.7 Å². The Balaban J connectivity index is 1.95. The van der Waals surface area contributed by atoms with Gasteiger partial charge in [-0.15, -0.1) is 0 Å². The molecular weight excluding hydrogens is 340 g/mol. The SMILES string of the molecule is COc1ccc(CC[NH+](C)[C@H](C)C(=O)Nc2cc(C)ccc2C)cc1OC. The molecule has 146 valence electrons. The Morgan fingerprint density at radius 3 is 2.44 bits per heavy atom. The summed E-state index contributed by atoms with van der Waals surface area (Å²) in [5.74, 6) is 1.49. The van der Waals surface area contributed by atoms with E-state index < -0.39 is 0 Å². The molecule has 2 aromatic rings. The molecule has 0 bridgehead atoms. The number of methoxy groups -OCH3 is 2. The van der Waals surface area contributed by atoms with E-state index in [9.17, 15) is 4.79 Å². The summed E-state index contributed by atoms with van der Waals surface area (Å²) in [4.78, 5) is 13.8. The van der Waals surface area contributed by atoms with Gasteiger partial charge in [-0.1, -0.05) is 18.2 Å². The van der Waals surface area contributed by atoms with Crippen LogP contribution in [0.1, 0.15) is 23.6 Å². The Kier molecular flexibility index (Phi) is 7.25. The molecule has 27 heavy (non-hydrogen) atoms. The minimum absolute atomic E-state index is 0.0357. The van der Waals surface area contributed by atoms with Crippen LogP contribution in [-0.4, -0.2) is 39.8 Å². The Bertz CT molecular complexity index is 789. The summed E-state index contributed by atoms with van der Waals surface area (Å²) >= 11 is 0. The van der Waals surface area contributed by atoms with Gasteiger partial charge in [0.2, 0.25) is 0 Å². The predicted octanol–water partition coefficient (Wildman–Crippen LogP) is 2.41. The Labute approximate surface area is 162 Å². The van der Waals surface area contributed by atoms with Crippen molar-refractivity contribution in [3.05, 3.63) is 53.1 Å². The summed E-state index contributed by atoms with van der Waals surface area (Å²) in [6.07, 6.45) is 0.854. The van der Waals surface area contributed by atoms with Crippen molar-refractivity contribution in [2.45, 2.75) is 33.2 Å². The van der Waals surface area contributed by atoms with Crippen molar-refractivity contribution in [2.24, 2.45) is 0 Å². The molecule has 0 aliphatic heterocycles. The summed E-state index contributed by atoms with van der Waals surface area (Å²) in [6.45, 7) is 6.84. The molecule has 2 atom stereocenters. The van der Waals surface area contributed by atoms with E-state index in [1.165, 1.54) is 0 Å². The zero-order chi connectivity index (χ0) is 20.0. The molecule has 0 aliphatic rings. The minimum Gasteiger partial charge on any atom is -0.493 e. The number of likely N-dealkylation sites (N-methyl/N-ethyl adjacent to an activating group) is 1. The molecule has 0 saturated carbocycles. The van der Waals surface area contributed by atoms with Crippen LogP contribution in [-0.2, 0) is 11.2 Å². The van der Waals surface area contributed by atoms with Gasteiger partial charge in [-0.05, 0) is 55.7 Å². The lowest BCUT2D eigenvalue weighted by atomic mass is 10.1. The molecule has 0 saturated heterocycles. The smallest absolute Gasteiger partial charge is 0.282 e. The lowest BCUT2D eigenvalue weighted by Gasteiger charge is -2.22. The molecule has 5 heteroatoms. The normalized spacial score (nSPS) is 13.0. The van der Waals surface area contributed by atoms with Crippen molar-refractivity contribution < 1.29 is 19.2 Å². The summed E-state index contributed by atoms with van der Waals surface area (Å²) in [5.41, 5.74) is 4.26. The highest BCUT2D eigenvalue weighted by Gasteiger charge is 2.22. The van der Waals surface area contributed by atoms with Crippen molar-refractivity contribution in [2.75, 3.05) is 33.1 Å². The summed E-state index contributed by atoms with van der Waals surface area (Å²) < 4.78 is 10.6. The lowest BCUT2D eigenvalue weighted by molar-refractivity contribution is -0.893. The largest absolute Gasteiger partial charge is 0.493 e. The zero-order valence-corrected chi connectivity index (χ0v) is 17.2. The number of anilines is 1. The molecule has 0 aliphatic carbocycles. The van der Waals surface area contributed by atoms with Crippen LogP contribution >= 0.6 is 0 Å². The van der Waals surface area contributed by atoms with Gasteiger partial charge in [0, 0.05) is 12.1 Å². The molecular formula is C22H31N2O3+. The van der Waals surface area contributed by atoms with E-state index in [0.29, 0.717) is 0 Å². The van der Waals surface area contributed by atoms with Gasteiger partial charge >= 0.3 is 0 Å². The Hall–Kier alpha value is -2.53. The summed E-state index contributed by atoms with van der Waals surface area (Å²) in [7, 11) is 5.32. The van der Waals surface area contributed by atoms with Crippen molar-refractivity contribution >= 4 is 11.6 Å². The maximum absolute atomic E-state index is 12.6. The van der Waals surface area contributed by atoms with Crippen LogP contribution in [0.3, 0.4) is 0 Å². The van der Waals surface area contributed by atoms with Crippen LogP contribution in [0.25, 0.3) is 0 Å². The van der Waals surface area contributed by atoms with Gasteiger partial charge in [0.15, 0.2) is 17.5 Å². The molecule has 0 spiro atoms. The number of nitrogens with one attached hydrogen (secondary N) is 2. The topological polar surface area (TPSA) is 52.0 Å². The highest BCUT2D eigenvalue weighted by molar-refractivity contribution is 5.94. The molecule has 0 fully saturated rings. The lowest BCUT2D eigenvalue weighted by Crippen LogP contribution is -3.14. The van der Waals surface area contributed by atoms with Crippen molar-refractivity contribution in [3.63, 3.8) is 0 Å². The summed E-state index contributed by atoms with van der Waals surface area (Å²) in [5, 5.41) is 3.07. The van der Waals surface area contributed by atoms with E-state index in [4.69, 9.17) is 9.47 Å². The Morgan fingerprint density at radius 2 is 1.78 bits per heavy atom. The van der Waals surface area contributed by atoms with E-state index in [-0.39, 0.29) is 11.9 Å². The van der Waals surface area contributed by atoms with Crippen LogP contribution in [0.4, 0.5) is 5.69 Å². The standard InChI is InChI=1S/C22H30N2O3/c1-15-7-8-16(2)19(13-15)23-22(25)17(3)24(4)12-11-18-9-10-20(26-5)21(14-18)27-6/h7-10,13-14,17H,11-12H2,1-6H3,(H,23,25)/p+1/t17-/m1/s1. The molecule has 2 aromatic carbocycles. The number of amides is 1. The maximum Gasteiger partial charge on any atom is 0.282 e. The molecule has 1 unspecified atom stereocenters. The number of hydrogen-bond acceptors (Lipinski definition) is 3. The van der Waals surface area contributed by atoms with Gasteiger partial charge in [0.25, 0.3) is 5.91 Å². The maximum atomic E-state index is 12.6. The van der Waals surface area contributed by atoms with Crippen LogP contribution in [0, 0.1) is 13.8 Å². The third-order valence-electron chi connectivity index (χ3n) is 5.04. The average Bonchev–Trinajstić information content (AvgIpc) is 2.67. The first-order valence-electron chi connectivity index (χ1n) is 9.27. The highest BCUT2D eigenvalue weighted by atomic mass is 16.5. The van der Waals surface area contributed by atoms with Crippen LogP contribution in [0.15, 0.2) is 36.4 Å². The van der Waals surface area contributed by atoms with Crippen LogP contribution in [0.5, 0.6) is 11.5 Å².